The number of carbonyl (C=O) groups is 3. The Balaban J connectivity index is 2.13. The fraction of sp³-hybridized carbons (Fsp3) is 0.400. The summed E-state index contributed by atoms with van der Waals surface area (Å²) < 4.78 is 9.71. The monoisotopic (exact) mass is 291 g/mol. The maximum absolute atomic E-state index is 12.4. The van der Waals surface area contributed by atoms with Gasteiger partial charge in [-0.15, -0.1) is 0 Å². The predicted octanol–water partition coefficient (Wildman–Crippen LogP) is 1.25. The standard InChI is InChI=1S/C15H17NO5/c1-15(2,9-21-8-12(17)20-3)16-13(18)10-6-4-5-7-11(10)14(16)19/h4-7H,8-9H2,1-3H3. The zero-order valence-corrected chi connectivity index (χ0v) is 12.2. The van der Waals surface area contributed by atoms with Crippen molar-refractivity contribution in [2.24, 2.45) is 0 Å². The number of fused-ring (bicyclic) bond motifs is 1. The van der Waals surface area contributed by atoms with Gasteiger partial charge in [0.1, 0.15) is 6.61 Å². The molecule has 0 fully saturated rings. The van der Waals surface area contributed by atoms with Gasteiger partial charge in [0.05, 0.1) is 30.4 Å². The number of benzene rings is 1. The molecular formula is C15H17NO5. The molecule has 2 amide bonds. The molecule has 0 saturated carbocycles. The van der Waals surface area contributed by atoms with Crippen LogP contribution in [0.15, 0.2) is 24.3 Å². The van der Waals surface area contributed by atoms with Crippen LogP contribution >= 0.6 is 0 Å². The Labute approximate surface area is 122 Å². The van der Waals surface area contributed by atoms with Crippen LogP contribution in [-0.2, 0) is 14.3 Å². The van der Waals surface area contributed by atoms with Crippen molar-refractivity contribution >= 4 is 17.8 Å². The van der Waals surface area contributed by atoms with Crippen LogP contribution < -0.4 is 0 Å². The molecule has 1 aliphatic rings. The highest BCUT2D eigenvalue weighted by Gasteiger charge is 2.44. The number of hydrogen-bond acceptors (Lipinski definition) is 5. The van der Waals surface area contributed by atoms with E-state index in [1.165, 1.54) is 12.0 Å². The third-order valence-electron chi connectivity index (χ3n) is 3.30. The van der Waals surface area contributed by atoms with Gasteiger partial charge in [-0.1, -0.05) is 12.1 Å². The van der Waals surface area contributed by atoms with Crippen molar-refractivity contribution in [1.29, 1.82) is 0 Å². The summed E-state index contributed by atoms with van der Waals surface area (Å²) in [5.74, 6) is -1.20. The topological polar surface area (TPSA) is 72.9 Å². The smallest absolute Gasteiger partial charge is 0.331 e. The van der Waals surface area contributed by atoms with E-state index in [4.69, 9.17) is 4.74 Å². The molecule has 0 spiro atoms. The molecular weight excluding hydrogens is 274 g/mol. The second kappa shape index (κ2) is 5.65. The van der Waals surface area contributed by atoms with Gasteiger partial charge in [-0.2, -0.15) is 0 Å². The lowest BCUT2D eigenvalue weighted by molar-refractivity contribution is -0.146. The van der Waals surface area contributed by atoms with Crippen molar-refractivity contribution in [2.75, 3.05) is 20.3 Å². The van der Waals surface area contributed by atoms with Crippen molar-refractivity contribution in [3.8, 4) is 0 Å². The number of hydrogen-bond donors (Lipinski definition) is 0. The van der Waals surface area contributed by atoms with Gasteiger partial charge >= 0.3 is 5.97 Å². The summed E-state index contributed by atoms with van der Waals surface area (Å²) in [5, 5.41) is 0. The van der Waals surface area contributed by atoms with E-state index in [9.17, 15) is 14.4 Å². The zero-order chi connectivity index (χ0) is 15.6. The Hall–Kier alpha value is -2.21. The Kier molecular flexibility index (Phi) is 4.09. The fourth-order valence-electron chi connectivity index (χ4n) is 2.25. The third-order valence-corrected chi connectivity index (χ3v) is 3.30. The lowest BCUT2D eigenvalue weighted by Crippen LogP contribution is -2.50. The second-order valence-electron chi connectivity index (χ2n) is 5.37. The summed E-state index contributed by atoms with van der Waals surface area (Å²) in [4.78, 5) is 36.9. The molecule has 0 bridgehead atoms. The van der Waals surface area contributed by atoms with Crippen molar-refractivity contribution in [1.82, 2.24) is 4.90 Å². The van der Waals surface area contributed by atoms with E-state index < -0.39 is 11.5 Å². The van der Waals surface area contributed by atoms with Gasteiger partial charge in [0.25, 0.3) is 11.8 Å². The Morgan fingerprint density at radius 2 is 1.67 bits per heavy atom. The van der Waals surface area contributed by atoms with E-state index in [1.807, 2.05) is 0 Å². The van der Waals surface area contributed by atoms with Crippen LogP contribution in [0.25, 0.3) is 0 Å². The first-order chi connectivity index (χ1) is 9.88. The molecule has 0 unspecified atom stereocenters. The van der Waals surface area contributed by atoms with E-state index in [-0.39, 0.29) is 25.0 Å². The van der Waals surface area contributed by atoms with E-state index in [2.05, 4.69) is 4.74 Å². The second-order valence-corrected chi connectivity index (χ2v) is 5.37. The SMILES string of the molecule is COC(=O)COCC(C)(C)N1C(=O)c2ccccc2C1=O. The van der Waals surface area contributed by atoms with Crippen LogP contribution in [0.1, 0.15) is 34.6 Å². The highest BCUT2D eigenvalue weighted by Crippen LogP contribution is 2.29. The molecule has 6 nitrogen and oxygen atoms in total. The molecule has 6 heteroatoms. The number of esters is 1. The number of amides is 2. The molecule has 0 atom stereocenters. The molecule has 0 N–H and O–H groups in total. The number of nitrogens with zero attached hydrogens (tertiary/aromatic N) is 1. The van der Waals surface area contributed by atoms with Gasteiger partial charge in [0.15, 0.2) is 0 Å². The molecule has 1 aromatic carbocycles. The largest absolute Gasteiger partial charge is 0.467 e. The van der Waals surface area contributed by atoms with E-state index >= 15 is 0 Å². The van der Waals surface area contributed by atoms with E-state index in [0.29, 0.717) is 11.1 Å². The summed E-state index contributed by atoms with van der Waals surface area (Å²) in [5.41, 5.74) is -0.0756. The molecule has 21 heavy (non-hydrogen) atoms. The Bertz CT molecular complexity index is 558. The van der Waals surface area contributed by atoms with Crippen LogP contribution in [0.3, 0.4) is 0 Å². The molecule has 0 aromatic heterocycles. The predicted molar refractivity (Wildman–Crippen MR) is 73.9 cm³/mol. The quantitative estimate of drug-likeness (QED) is 0.603. The lowest BCUT2D eigenvalue weighted by Gasteiger charge is -2.33. The molecule has 0 radical (unpaired) electrons. The lowest BCUT2D eigenvalue weighted by atomic mass is 10.0. The molecule has 0 saturated heterocycles. The minimum absolute atomic E-state index is 0.0492. The maximum atomic E-state index is 12.4. The van der Waals surface area contributed by atoms with Gasteiger partial charge in [0, 0.05) is 0 Å². The number of methoxy groups -OCH3 is 1. The average Bonchev–Trinajstić information content (AvgIpc) is 2.71. The van der Waals surface area contributed by atoms with Gasteiger partial charge in [-0.25, -0.2) is 4.79 Å². The summed E-state index contributed by atoms with van der Waals surface area (Å²) in [6, 6.07) is 6.68. The molecule has 1 heterocycles. The number of ether oxygens (including phenoxy) is 2. The summed E-state index contributed by atoms with van der Waals surface area (Å²) in [6.07, 6.45) is 0. The Morgan fingerprint density at radius 3 is 2.14 bits per heavy atom. The molecule has 0 aliphatic carbocycles. The number of imide groups is 1. The highest BCUT2D eigenvalue weighted by molar-refractivity contribution is 6.21. The molecule has 1 aromatic rings. The average molecular weight is 291 g/mol. The fourth-order valence-corrected chi connectivity index (χ4v) is 2.25. The minimum Gasteiger partial charge on any atom is -0.467 e. The minimum atomic E-state index is -0.860. The maximum Gasteiger partial charge on any atom is 0.331 e. The van der Waals surface area contributed by atoms with Crippen LogP contribution in [0, 0.1) is 0 Å². The van der Waals surface area contributed by atoms with Gasteiger partial charge in [0.2, 0.25) is 0 Å². The van der Waals surface area contributed by atoms with Gasteiger partial charge in [-0.05, 0) is 26.0 Å². The summed E-state index contributed by atoms with van der Waals surface area (Å²) in [6.45, 7) is 3.26. The van der Waals surface area contributed by atoms with Crippen molar-refractivity contribution in [3.63, 3.8) is 0 Å². The van der Waals surface area contributed by atoms with Gasteiger partial charge < -0.3 is 9.47 Å². The van der Waals surface area contributed by atoms with Gasteiger partial charge in [-0.3, -0.25) is 14.5 Å². The van der Waals surface area contributed by atoms with Crippen LogP contribution in [0.4, 0.5) is 0 Å². The van der Waals surface area contributed by atoms with E-state index in [1.54, 1.807) is 38.1 Å². The highest BCUT2D eigenvalue weighted by atomic mass is 16.6. The first-order valence-electron chi connectivity index (χ1n) is 6.51. The summed E-state index contributed by atoms with van der Waals surface area (Å²) >= 11 is 0. The Morgan fingerprint density at radius 1 is 1.14 bits per heavy atom. The van der Waals surface area contributed by atoms with Crippen molar-refractivity contribution < 1.29 is 23.9 Å². The molecule has 112 valence electrons. The van der Waals surface area contributed by atoms with Crippen molar-refractivity contribution in [3.05, 3.63) is 35.4 Å². The first-order valence-corrected chi connectivity index (χ1v) is 6.51. The van der Waals surface area contributed by atoms with Crippen LogP contribution in [-0.4, -0.2) is 48.5 Å². The first kappa shape index (κ1) is 15.2. The molecule has 2 rings (SSSR count). The van der Waals surface area contributed by atoms with Crippen LogP contribution in [0.5, 0.6) is 0 Å². The number of carbonyl (C=O) groups excluding carboxylic acids is 3. The zero-order valence-electron chi connectivity index (χ0n) is 12.2. The van der Waals surface area contributed by atoms with E-state index in [0.717, 1.165) is 0 Å². The van der Waals surface area contributed by atoms with Crippen LogP contribution in [0.2, 0.25) is 0 Å². The normalized spacial score (nSPS) is 14.3. The van der Waals surface area contributed by atoms with Crippen molar-refractivity contribution in [2.45, 2.75) is 19.4 Å². The molecule has 1 aliphatic heterocycles. The number of rotatable bonds is 5. The third kappa shape index (κ3) is 2.80. The summed E-state index contributed by atoms with van der Waals surface area (Å²) in [7, 11) is 1.26.